The van der Waals surface area contributed by atoms with Gasteiger partial charge in [0.25, 0.3) is 0 Å². The third-order valence-electron chi connectivity index (χ3n) is 1.47. The van der Waals surface area contributed by atoms with Gasteiger partial charge < -0.3 is 5.21 Å². The lowest BCUT2D eigenvalue weighted by Crippen LogP contribution is -2.27. The first-order valence-electron chi connectivity index (χ1n) is 3.30. The van der Waals surface area contributed by atoms with Crippen molar-refractivity contribution < 1.29 is 17.9 Å². The van der Waals surface area contributed by atoms with Crippen LogP contribution in [-0.4, -0.2) is 0 Å². The van der Waals surface area contributed by atoms with E-state index in [1.807, 2.05) is 0 Å². The minimum atomic E-state index is -4.46. The van der Waals surface area contributed by atoms with Crippen molar-refractivity contribution in [1.29, 1.82) is 0 Å². The van der Waals surface area contributed by atoms with Crippen molar-refractivity contribution in [1.82, 2.24) is 0 Å². The molecule has 72 valence electrons. The maximum absolute atomic E-state index is 12.2. The van der Waals surface area contributed by atoms with Gasteiger partial charge in [0.1, 0.15) is 0 Å². The number of aromatic nitrogens is 1. The average molecular weight is 212 g/mol. The number of pyridine rings is 1. The lowest BCUT2D eigenvalue weighted by molar-refractivity contribution is -0.606. The monoisotopic (exact) mass is 211 g/mol. The second kappa shape index (κ2) is 3.41. The van der Waals surface area contributed by atoms with Crippen molar-refractivity contribution in [3.05, 3.63) is 34.8 Å². The molecule has 0 N–H and O–H groups in total. The standard InChI is InChI=1S/C7H5ClF3NO/c8-3-5-4-12(13)2-1-6(5)7(9,10)11/h1-2,4H,3H2. The minimum Gasteiger partial charge on any atom is -0.619 e. The Hall–Kier alpha value is -0.970. The molecule has 0 saturated carbocycles. The second-order valence-electron chi connectivity index (χ2n) is 2.38. The molecule has 0 aliphatic heterocycles. The highest BCUT2D eigenvalue weighted by Crippen LogP contribution is 2.31. The fourth-order valence-electron chi connectivity index (χ4n) is 0.904. The zero-order valence-corrected chi connectivity index (χ0v) is 7.06. The third kappa shape index (κ3) is 2.24. The molecule has 1 aromatic heterocycles. The molecule has 0 aliphatic carbocycles. The van der Waals surface area contributed by atoms with Crippen molar-refractivity contribution in [2.45, 2.75) is 12.1 Å². The summed E-state index contributed by atoms with van der Waals surface area (Å²) in [5.74, 6) is -0.335. The quantitative estimate of drug-likeness (QED) is 0.397. The van der Waals surface area contributed by atoms with E-state index in [1.165, 1.54) is 0 Å². The molecule has 0 aromatic carbocycles. The molecule has 6 heteroatoms. The Morgan fingerprint density at radius 2 is 2.08 bits per heavy atom. The molecule has 0 fully saturated rings. The predicted octanol–water partition coefficient (Wildman–Crippen LogP) is 2.08. The smallest absolute Gasteiger partial charge is 0.417 e. The van der Waals surface area contributed by atoms with E-state index in [4.69, 9.17) is 11.6 Å². The Bertz CT molecular complexity index is 313. The third-order valence-corrected chi connectivity index (χ3v) is 1.75. The Kier molecular flexibility index (Phi) is 2.66. The molecule has 1 heterocycles. The summed E-state index contributed by atoms with van der Waals surface area (Å²) >= 11 is 5.26. The molecule has 0 unspecified atom stereocenters. The molecule has 0 amide bonds. The number of rotatable bonds is 1. The number of halogens is 4. The van der Waals surface area contributed by atoms with Gasteiger partial charge in [-0.2, -0.15) is 17.9 Å². The van der Waals surface area contributed by atoms with E-state index in [0.29, 0.717) is 6.07 Å². The Morgan fingerprint density at radius 1 is 1.46 bits per heavy atom. The molecule has 1 rings (SSSR count). The zero-order chi connectivity index (χ0) is 10.1. The molecule has 2 nitrogen and oxygen atoms in total. The van der Waals surface area contributed by atoms with E-state index in [9.17, 15) is 18.4 Å². The minimum absolute atomic E-state index is 0.216. The highest BCUT2D eigenvalue weighted by Gasteiger charge is 2.34. The summed E-state index contributed by atoms with van der Waals surface area (Å²) in [7, 11) is 0. The molecular formula is C7H5ClF3NO. The van der Waals surface area contributed by atoms with E-state index in [0.717, 1.165) is 12.4 Å². The zero-order valence-electron chi connectivity index (χ0n) is 6.31. The molecule has 0 saturated heterocycles. The summed E-state index contributed by atoms with van der Waals surface area (Å²) in [6, 6.07) is 0.713. The molecule has 1 aromatic rings. The fourth-order valence-corrected chi connectivity index (χ4v) is 1.12. The van der Waals surface area contributed by atoms with Gasteiger partial charge in [0.2, 0.25) is 0 Å². The van der Waals surface area contributed by atoms with Crippen molar-refractivity contribution in [2.75, 3.05) is 0 Å². The van der Waals surface area contributed by atoms with Gasteiger partial charge in [-0.1, -0.05) is 0 Å². The maximum Gasteiger partial charge on any atom is 0.417 e. The van der Waals surface area contributed by atoms with E-state index in [1.54, 1.807) is 0 Å². The van der Waals surface area contributed by atoms with E-state index < -0.39 is 11.7 Å². The SMILES string of the molecule is [O-][n+]1ccc(C(F)(F)F)c(CCl)c1. The first-order chi connectivity index (χ1) is 5.95. The van der Waals surface area contributed by atoms with E-state index in [-0.39, 0.29) is 16.2 Å². The van der Waals surface area contributed by atoms with E-state index in [2.05, 4.69) is 0 Å². The number of alkyl halides is 4. The van der Waals surface area contributed by atoms with Crippen LogP contribution in [0.3, 0.4) is 0 Å². The van der Waals surface area contributed by atoms with Gasteiger partial charge in [-0.15, -0.1) is 11.6 Å². The van der Waals surface area contributed by atoms with Crippen LogP contribution >= 0.6 is 11.6 Å². The number of hydrogen-bond acceptors (Lipinski definition) is 1. The summed E-state index contributed by atoms with van der Waals surface area (Å²) in [5.41, 5.74) is -1.08. The van der Waals surface area contributed by atoms with Crippen LogP contribution in [-0.2, 0) is 12.1 Å². The van der Waals surface area contributed by atoms with Gasteiger partial charge in [-0.05, 0) is 0 Å². The van der Waals surface area contributed by atoms with Crippen LogP contribution in [0.1, 0.15) is 11.1 Å². The molecule has 0 aliphatic rings. The molecule has 0 radical (unpaired) electrons. The Balaban J connectivity index is 3.22. The van der Waals surface area contributed by atoms with Crippen molar-refractivity contribution in [2.24, 2.45) is 0 Å². The van der Waals surface area contributed by atoms with Crippen molar-refractivity contribution >= 4 is 11.6 Å². The number of hydrogen-bond donors (Lipinski definition) is 0. The topological polar surface area (TPSA) is 26.9 Å². The van der Waals surface area contributed by atoms with Crippen LogP contribution in [0, 0.1) is 5.21 Å². The maximum atomic E-state index is 12.2. The first-order valence-corrected chi connectivity index (χ1v) is 3.83. The lowest BCUT2D eigenvalue weighted by Gasteiger charge is -2.09. The second-order valence-corrected chi connectivity index (χ2v) is 2.64. The van der Waals surface area contributed by atoms with Gasteiger partial charge in [-0.3, -0.25) is 0 Å². The summed E-state index contributed by atoms with van der Waals surface area (Å²) in [5, 5.41) is 10.6. The van der Waals surface area contributed by atoms with Gasteiger partial charge in [0.15, 0.2) is 12.4 Å². The lowest BCUT2D eigenvalue weighted by atomic mass is 10.1. The van der Waals surface area contributed by atoms with Crippen LogP contribution in [0.25, 0.3) is 0 Å². The molecule has 0 bridgehead atoms. The first kappa shape index (κ1) is 10.1. The highest BCUT2D eigenvalue weighted by atomic mass is 35.5. The summed E-state index contributed by atoms with van der Waals surface area (Å²) in [6.45, 7) is 0. The molecule has 0 atom stereocenters. The van der Waals surface area contributed by atoms with Crippen LogP contribution in [0.2, 0.25) is 0 Å². The van der Waals surface area contributed by atoms with Crippen molar-refractivity contribution in [3.63, 3.8) is 0 Å². The van der Waals surface area contributed by atoms with Crippen LogP contribution < -0.4 is 4.73 Å². The van der Waals surface area contributed by atoms with Crippen LogP contribution in [0.5, 0.6) is 0 Å². The summed E-state index contributed by atoms with van der Waals surface area (Å²) < 4.78 is 36.9. The Morgan fingerprint density at radius 3 is 2.54 bits per heavy atom. The normalized spacial score (nSPS) is 11.7. The van der Waals surface area contributed by atoms with Gasteiger partial charge in [0.05, 0.1) is 11.4 Å². The predicted molar refractivity (Wildman–Crippen MR) is 40.0 cm³/mol. The van der Waals surface area contributed by atoms with Gasteiger partial charge in [0, 0.05) is 11.6 Å². The molecular weight excluding hydrogens is 207 g/mol. The fraction of sp³-hybridized carbons (Fsp3) is 0.286. The van der Waals surface area contributed by atoms with Crippen LogP contribution in [0.4, 0.5) is 13.2 Å². The molecule has 0 spiro atoms. The Labute approximate surface area is 77.1 Å². The average Bonchev–Trinajstić information content (AvgIpc) is 2.01. The van der Waals surface area contributed by atoms with Gasteiger partial charge >= 0.3 is 6.18 Å². The molecule has 13 heavy (non-hydrogen) atoms. The summed E-state index contributed by atoms with van der Waals surface area (Å²) in [6.07, 6.45) is -2.85. The van der Waals surface area contributed by atoms with Gasteiger partial charge in [-0.25, -0.2) is 0 Å². The van der Waals surface area contributed by atoms with Crippen LogP contribution in [0.15, 0.2) is 18.5 Å². The highest BCUT2D eigenvalue weighted by molar-refractivity contribution is 6.17. The summed E-state index contributed by atoms with van der Waals surface area (Å²) in [4.78, 5) is 0. The van der Waals surface area contributed by atoms with Crippen molar-refractivity contribution in [3.8, 4) is 0 Å². The van der Waals surface area contributed by atoms with E-state index >= 15 is 0 Å². The number of nitrogens with zero attached hydrogens (tertiary/aromatic N) is 1. The largest absolute Gasteiger partial charge is 0.619 e.